The Bertz CT molecular complexity index is 2910. The van der Waals surface area contributed by atoms with Crippen LogP contribution in [0.3, 0.4) is 0 Å². The topological polar surface area (TPSA) is 38.7 Å². The van der Waals surface area contributed by atoms with Crippen molar-refractivity contribution in [1.29, 1.82) is 0 Å². The monoisotopic (exact) mass is 693 g/mol. The van der Waals surface area contributed by atoms with Crippen LogP contribution in [0.5, 0.6) is 0 Å². The molecule has 8 aromatic carbocycles. The summed E-state index contributed by atoms with van der Waals surface area (Å²) in [7, 11) is 0. The lowest BCUT2D eigenvalue weighted by molar-refractivity contribution is 1.07. The molecule has 0 radical (unpaired) electrons. The van der Waals surface area contributed by atoms with Crippen LogP contribution >= 0.6 is 11.3 Å². The van der Waals surface area contributed by atoms with Crippen LogP contribution in [0.25, 0.3) is 98.5 Å². The molecule has 0 amide bonds. The SMILES string of the molecule is c1ccc(-c2nc(-c3ccc(-c4ccc(-c5ccc6sc7ccccc7c6c5)cc4)cc3)nc(-c3ccc(-c4cccc5ccccc45)cc3)n2)cc1. The van der Waals surface area contributed by atoms with Gasteiger partial charge in [-0.15, -0.1) is 11.3 Å². The van der Waals surface area contributed by atoms with Crippen LogP contribution < -0.4 is 0 Å². The zero-order chi connectivity index (χ0) is 35.1. The van der Waals surface area contributed by atoms with Gasteiger partial charge in [0, 0.05) is 36.9 Å². The Balaban J connectivity index is 0.959. The second-order valence-electron chi connectivity index (χ2n) is 13.2. The van der Waals surface area contributed by atoms with Gasteiger partial charge in [-0.05, 0) is 62.4 Å². The van der Waals surface area contributed by atoms with E-state index in [4.69, 9.17) is 15.0 Å². The third kappa shape index (κ3) is 5.85. The molecule has 0 bridgehead atoms. The summed E-state index contributed by atoms with van der Waals surface area (Å²) in [5.41, 5.74) is 9.93. The lowest BCUT2D eigenvalue weighted by Gasteiger charge is -2.11. The van der Waals surface area contributed by atoms with E-state index in [9.17, 15) is 0 Å². The summed E-state index contributed by atoms with van der Waals surface area (Å²) in [5.74, 6) is 1.94. The minimum Gasteiger partial charge on any atom is -0.208 e. The second kappa shape index (κ2) is 13.1. The molecule has 0 saturated heterocycles. The predicted octanol–water partition coefficient (Wildman–Crippen LogP) is 13.4. The molecule has 10 aromatic rings. The van der Waals surface area contributed by atoms with Crippen molar-refractivity contribution < 1.29 is 0 Å². The Morgan fingerprint density at radius 2 is 0.736 bits per heavy atom. The van der Waals surface area contributed by atoms with Crippen molar-refractivity contribution in [3.63, 3.8) is 0 Å². The number of thiophene rings is 1. The number of nitrogens with zero attached hydrogens (tertiary/aromatic N) is 3. The van der Waals surface area contributed by atoms with Crippen LogP contribution in [0.2, 0.25) is 0 Å². The van der Waals surface area contributed by atoms with Crippen LogP contribution in [0, 0.1) is 0 Å². The first-order valence-corrected chi connectivity index (χ1v) is 18.6. The predicted molar refractivity (Wildman–Crippen MR) is 223 cm³/mol. The van der Waals surface area contributed by atoms with E-state index < -0.39 is 0 Å². The van der Waals surface area contributed by atoms with Crippen LogP contribution in [-0.2, 0) is 0 Å². The van der Waals surface area contributed by atoms with Gasteiger partial charge in [0.05, 0.1) is 0 Å². The van der Waals surface area contributed by atoms with Gasteiger partial charge in [-0.3, -0.25) is 0 Å². The normalized spacial score (nSPS) is 11.4. The molecular formula is C49H31N3S. The van der Waals surface area contributed by atoms with Crippen molar-refractivity contribution in [2.75, 3.05) is 0 Å². The Morgan fingerprint density at radius 3 is 1.40 bits per heavy atom. The molecule has 53 heavy (non-hydrogen) atoms. The Labute approximate surface area is 311 Å². The molecule has 0 aliphatic rings. The van der Waals surface area contributed by atoms with Gasteiger partial charge in [0.25, 0.3) is 0 Å². The van der Waals surface area contributed by atoms with E-state index in [0.717, 1.165) is 33.4 Å². The molecule has 4 heteroatoms. The van der Waals surface area contributed by atoms with Gasteiger partial charge >= 0.3 is 0 Å². The summed E-state index contributed by atoms with van der Waals surface area (Å²) in [4.78, 5) is 14.9. The molecule has 0 aliphatic carbocycles. The fourth-order valence-electron chi connectivity index (χ4n) is 7.20. The fraction of sp³-hybridized carbons (Fsp3) is 0. The molecule has 0 fully saturated rings. The third-order valence-corrected chi connectivity index (χ3v) is 11.1. The smallest absolute Gasteiger partial charge is 0.164 e. The Morgan fingerprint density at radius 1 is 0.283 bits per heavy atom. The Kier molecular flexibility index (Phi) is 7.67. The first kappa shape index (κ1) is 31.0. The molecule has 0 saturated carbocycles. The summed E-state index contributed by atoms with van der Waals surface area (Å²) in [5, 5.41) is 5.10. The summed E-state index contributed by atoms with van der Waals surface area (Å²) in [6, 6.07) is 66.4. The van der Waals surface area contributed by atoms with Crippen molar-refractivity contribution in [2.45, 2.75) is 0 Å². The molecule has 0 N–H and O–H groups in total. The quantitative estimate of drug-likeness (QED) is 0.174. The molecule has 10 rings (SSSR count). The van der Waals surface area contributed by atoms with Crippen molar-refractivity contribution in [3.8, 4) is 67.5 Å². The van der Waals surface area contributed by atoms with Gasteiger partial charge in [0.1, 0.15) is 0 Å². The van der Waals surface area contributed by atoms with Crippen LogP contribution in [0.1, 0.15) is 0 Å². The molecule has 2 aromatic heterocycles. The van der Waals surface area contributed by atoms with Crippen molar-refractivity contribution in [3.05, 3.63) is 188 Å². The van der Waals surface area contributed by atoms with Crippen molar-refractivity contribution in [2.24, 2.45) is 0 Å². The molecule has 248 valence electrons. The van der Waals surface area contributed by atoms with E-state index in [2.05, 4.69) is 158 Å². The lowest BCUT2D eigenvalue weighted by Crippen LogP contribution is -2.00. The van der Waals surface area contributed by atoms with Crippen molar-refractivity contribution >= 4 is 42.3 Å². The highest BCUT2D eigenvalue weighted by molar-refractivity contribution is 7.25. The number of fused-ring (bicyclic) bond motifs is 4. The molecule has 0 atom stereocenters. The average molecular weight is 694 g/mol. The highest BCUT2D eigenvalue weighted by Gasteiger charge is 2.14. The van der Waals surface area contributed by atoms with Crippen molar-refractivity contribution in [1.82, 2.24) is 15.0 Å². The molecular weight excluding hydrogens is 663 g/mol. The minimum atomic E-state index is 0.644. The number of hydrogen-bond acceptors (Lipinski definition) is 4. The maximum atomic E-state index is 5.01. The fourth-order valence-corrected chi connectivity index (χ4v) is 8.29. The van der Waals surface area contributed by atoms with Gasteiger partial charge in [-0.2, -0.15) is 0 Å². The van der Waals surface area contributed by atoms with Crippen LogP contribution in [-0.4, -0.2) is 15.0 Å². The minimum absolute atomic E-state index is 0.644. The largest absolute Gasteiger partial charge is 0.208 e. The molecule has 0 aliphatic heterocycles. The standard InChI is InChI=1S/C49H31N3S/c1-2-10-37(11-3-1)47-50-48(52-49(51-47)39-27-23-36(24-28-39)42-15-8-12-35-9-4-5-13-41(35)42)38-25-21-33(22-26-38)32-17-19-34(20-18-32)40-29-30-46-44(31-40)43-14-6-7-16-45(43)53-46/h1-31H. The van der Waals surface area contributed by atoms with Gasteiger partial charge in [0.15, 0.2) is 17.5 Å². The van der Waals surface area contributed by atoms with E-state index in [-0.39, 0.29) is 0 Å². The lowest BCUT2D eigenvalue weighted by atomic mass is 9.97. The second-order valence-corrected chi connectivity index (χ2v) is 14.3. The van der Waals surface area contributed by atoms with Gasteiger partial charge in [-0.1, -0.05) is 170 Å². The molecule has 0 spiro atoms. The van der Waals surface area contributed by atoms with Gasteiger partial charge in [-0.25, -0.2) is 15.0 Å². The highest BCUT2D eigenvalue weighted by atomic mass is 32.1. The highest BCUT2D eigenvalue weighted by Crippen LogP contribution is 2.37. The van der Waals surface area contributed by atoms with E-state index in [1.165, 1.54) is 47.6 Å². The molecule has 0 unspecified atom stereocenters. The summed E-state index contributed by atoms with van der Waals surface area (Å²) >= 11 is 1.85. The molecule has 2 heterocycles. The van der Waals surface area contributed by atoms with E-state index in [0.29, 0.717) is 17.5 Å². The van der Waals surface area contributed by atoms with Gasteiger partial charge in [0.2, 0.25) is 0 Å². The maximum Gasteiger partial charge on any atom is 0.164 e. The number of rotatable bonds is 6. The maximum absolute atomic E-state index is 5.01. The summed E-state index contributed by atoms with van der Waals surface area (Å²) in [6.07, 6.45) is 0. The number of hydrogen-bond donors (Lipinski definition) is 0. The summed E-state index contributed by atoms with van der Waals surface area (Å²) in [6.45, 7) is 0. The number of aromatic nitrogens is 3. The van der Waals surface area contributed by atoms with E-state index in [1.807, 2.05) is 41.7 Å². The van der Waals surface area contributed by atoms with E-state index >= 15 is 0 Å². The van der Waals surface area contributed by atoms with Crippen LogP contribution in [0.4, 0.5) is 0 Å². The van der Waals surface area contributed by atoms with Crippen LogP contribution in [0.15, 0.2) is 188 Å². The zero-order valence-electron chi connectivity index (χ0n) is 28.6. The van der Waals surface area contributed by atoms with E-state index in [1.54, 1.807) is 0 Å². The first-order chi connectivity index (χ1) is 26.2. The Hall–Kier alpha value is -6.75. The number of benzene rings is 8. The van der Waals surface area contributed by atoms with Gasteiger partial charge < -0.3 is 0 Å². The third-order valence-electron chi connectivity index (χ3n) is 9.98. The molecule has 3 nitrogen and oxygen atoms in total. The average Bonchev–Trinajstić information content (AvgIpc) is 3.62. The summed E-state index contributed by atoms with van der Waals surface area (Å²) < 4.78 is 2.65. The zero-order valence-corrected chi connectivity index (χ0v) is 29.5. The first-order valence-electron chi connectivity index (χ1n) is 17.8.